The highest BCUT2D eigenvalue weighted by Crippen LogP contribution is 2.47. The van der Waals surface area contributed by atoms with Crippen molar-refractivity contribution >= 4 is 5.91 Å². The Morgan fingerprint density at radius 2 is 2.19 bits per heavy atom. The first kappa shape index (κ1) is 13.0. The van der Waals surface area contributed by atoms with Crippen molar-refractivity contribution in [1.29, 1.82) is 5.26 Å². The molecule has 0 saturated heterocycles. The van der Waals surface area contributed by atoms with E-state index in [1.54, 1.807) is 0 Å². The molecule has 0 unspecified atom stereocenters. The summed E-state index contributed by atoms with van der Waals surface area (Å²) < 4.78 is 0. The largest absolute Gasteiger partial charge is 0.355 e. The van der Waals surface area contributed by atoms with Crippen LogP contribution in [0.4, 0.5) is 0 Å². The Bertz CT molecular complexity index is 276. The van der Waals surface area contributed by atoms with Crippen molar-refractivity contribution in [3.63, 3.8) is 0 Å². The van der Waals surface area contributed by atoms with Crippen LogP contribution < -0.4 is 10.6 Å². The van der Waals surface area contributed by atoms with E-state index in [-0.39, 0.29) is 11.3 Å². The predicted octanol–water partition coefficient (Wildman–Crippen LogP) is 1.04. The van der Waals surface area contributed by atoms with Crippen molar-refractivity contribution in [3.05, 3.63) is 0 Å². The van der Waals surface area contributed by atoms with Gasteiger partial charge in [0, 0.05) is 19.5 Å². The number of hydrogen-bond donors (Lipinski definition) is 2. The standard InChI is InChI=1S/C12H21N3O/c1-10(2)7-15-11(16)8-14-9-12(3-4-12)5-6-13/h10,14H,3-5,7-9H2,1-2H3,(H,15,16). The zero-order valence-electron chi connectivity index (χ0n) is 10.2. The topological polar surface area (TPSA) is 64.9 Å². The first-order valence-corrected chi connectivity index (χ1v) is 5.92. The summed E-state index contributed by atoms with van der Waals surface area (Å²) in [6, 6.07) is 2.21. The first-order valence-electron chi connectivity index (χ1n) is 5.92. The highest BCUT2D eigenvalue weighted by Gasteiger charge is 2.41. The molecule has 1 amide bonds. The third-order valence-corrected chi connectivity index (χ3v) is 2.90. The van der Waals surface area contributed by atoms with Crippen LogP contribution in [0, 0.1) is 22.7 Å². The van der Waals surface area contributed by atoms with Crippen LogP contribution in [-0.4, -0.2) is 25.5 Å². The molecule has 16 heavy (non-hydrogen) atoms. The number of amides is 1. The number of nitrogens with one attached hydrogen (secondary N) is 2. The van der Waals surface area contributed by atoms with Crippen molar-refractivity contribution < 1.29 is 4.79 Å². The summed E-state index contributed by atoms with van der Waals surface area (Å²) in [5.74, 6) is 0.527. The fourth-order valence-electron chi connectivity index (χ4n) is 1.58. The van der Waals surface area contributed by atoms with Crippen LogP contribution in [0.15, 0.2) is 0 Å². The van der Waals surface area contributed by atoms with E-state index in [9.17, 15) is 4.79 Å². The van der Waals surface area contributed by atoms with Crippen molar-refractivity contribution in [1.82, 2.24) is 10.6 Å². The van der Waals surface area contributed by atoms with Crippen molar-refractivity contribution in [3.8, 4) is 6.07 Å². The maximum absolute atomic E-state index is 11.4. The summed E-state index contributed by atoms with van der Waals surface area (Å²) in [5, 5.41) is 14.6. The molecule has 1 saturated carbocycles. The van der Waals surface area contributed by atoms with E-state index < -0.39 is 0 Å². The zero-order chi connectivity index (χ0) is 12.0. The average molecular weight is 223 g/mol. The molecule has 0 atom stereocenters. The van der Waals surface area contributed by atoms with E-state index in [1.165, 1.54) is 0 Å². The molecule has 2 N–H and O–H groups in total. The normalized spacial score (nSPS) is 16.9. The van der Waals surface area contributed by atoms with Gasteiger partial charge in [-0.25, -0.2) is 0 Å². The van der Waals surface area contributed by atoms with Crippen molar-refractivity contribution in [2.45, 2.75) is 33.1 Å². The van der Waals surface area contributed by atoms with Gasteiger partial charge < -0.3 is 10.6 Å². The van der Waals surface area contributed by atoms with Gasteiger partial charge in [-0.15, -0.1) is 0 Å². The molecule has 4 nitrogen and oxygen atoms in total. The SMILES string of the molecule is CC(C)CNC(=O)CNCC1(CC#N)CC1. The van der Waals surface area contributed by atoms with Gasteiger partial charge in [-0.05, 0) is 24.2 Å². The van der Waals surface area contributed by atoms with Gasteiger partial charge in [0.2, 0.25) is 5.91 Å². The van der Waals surface area contributed by atoms with Gasteiger partial charge in [0.15, 0.2) is 0 Å². The smallest absolute Gasteiger partial charge is 0.233 e. The predicted molar refractivity (Wildman–Crippen MR) is 62.6 cm³/mol. The number of rotatable bonds is 7. The molecule has 0 spiro atoms. The molecule has 90 valence electrons. The fourth-order valence-corrected chi connectivity index (χ4v) is 1.58. The van der Waals surface area contributed by atoms with E-state index in [2.05, 4.69) is 30.6 Å². The lowest BCUT2D eigenvalue weighted by atomic mass is 10.0. The summed E-state index contributed by atoms with van der Waals surface area (Å²) >= 11 is 0. The Morgan fingerprint density at radius 1 is 1.50 bits per heavy atom. The maximum Gasteiger partial charge on any atom is 0.233 e. The summed E-state index contributed by atoms with van der Waals surface area (Å²) in [6.45, 7) is 6.01. The molecule has 0 heterocycles. The second kappa shape index (κ2) is 5.86. The Morgan fingerprint density at radius 3 is 2.69 bits per heavy atom. The summed E-state index contributed by atoms with van der Waals surface area (Å²) in [5.41, 5.74) is 0.174. The van der Waals surface area contributed by atoms with Gasteiger partial charge in [0.25, 0.3) is 0 Å². The first-order chi connectivity index (χ1) is 7.58. The van der Waals surface area contributed by atoms with E-state index in [4.69, 9.17) is 5.26 Å². The average Bonchev–Trinajstić information content (AvgIpc) is 2.96. The molecule has 0 aromatic carbocycles. The van der Waals surface area contributed by atoms with Gasteiger partial charge in [-0.2, -0.15) is 5.26 Å². The van der Waals surface area contributed by atoms with E-state index in [0.29, 0.717) is 18.9 Å². The highest BCUT2D eigenvalue weighted by atomic mass is 16.1. The fraction of sp³-hybridized carbons (Fsp3) is 0.833. The minimum Gasteiger partial charge on any atom is -0.355 e. The van der Waals surface area contributed by atoms with E-state index in [1.807, 2.05) is 0 Å². The molecular weight excluding hydrogens is 202 g/mol. The lowest BCUT2D eigenvalue weighted by Crippen LogP contribution is -2.37. The van der Waals surface area contributed by atoms with Gasteiger partial charge in [-0.3, -0.25) is 4.79 Å². The second-order valence-corrected chi connectivity index (χ2v) is 5.14. The Hall–Kier alpha value is -1.08. The molecule has 4 heteroatoms. The van der Waals surface area contributed by atoms with Crippen LogP contribution in [0.3, 0.4) is 0 Å². The Kier molecular flexibility index (Phi) is 4.75. The zero-order valence-corrected chi connectivity index (χ0v) is 10.2. The molecule has 1 aliphatic rings. The minimum atomic E-state index is 0.0430. The second-order valence-electron chi connectivity index (χ2n) is 5.14. The molecule has 1 rings (SSSR count). The van der Waals surface area contributed by atoms with E-state index in [0.717, 1.165) is 25.9 Å². The van der Waals surface area contributed by atoms with E-state index >= 15 is 0 Å². The highest BCUT2D eigenvalue weighted by molar-refractivity contribution is 5.77. The van der Waals surface area contributed by atoms with Crippen molar-refractivity contribution in [2.75, 3.05) is 19.6 Å². The van der Waals surface area contributed by atoms with Gasteiger partial charge in [0.1, 0.15) is 0 Å². The Labute approximate surface area is 97.4 Å². The van der Waals surface area contributed by atoms with Crippen LogP contribution in [-0.2, 0) is 4.79 Å². The van der Waals surface area contributed by atoms with Gasteiger partial charge >= 0.3 is 0 Å². The third kappa shape index (κ3) is 4.63. The molecule has 0 aromatic heterocycles. The lowest BCUT2D eigenvalue weighted by molar-refractivity contribution is -0.120. The molecule has 0 radical (unpaired) electrons. The Balaban J connectivity index is 2.07. The number of carbonyl (C=O) groups is 1. The van der Waals surface area contributed by atoms with Crippen LogP contribution >= 0.6 is 0 Å². The molecule has 1 aliphatic carbocycles. The minimum absolute atomic E-state index is 0.0430. The van der Waals surface area contributed by atoms with Crippen molar-refractivity contribution in [2.24, 2.45) is 11.3 Å². The molecule has 1 fully saturated rings. The van der Waals surface area contributed by atoms with Crippen LogP contribution in [0.2, 0.25) is 0 Å². The molecule has 0 aromatic rings. The van der Waals surface area contributed by atoms with Crippen LogP contribution in [0.1, 0.15) is 33.1 Å². The summed E-state index contributed by atoms with van der Waals surface area (Å²) in [6.07, 6.45) is 2.83. The third-order valence-electron chi connectivity index (χ3n) is 2.90. The van der Waals surface area contributed by atoms with Gasteiger partial charge in [0.05, 0.1) is 12.6 Å². The lowest BCUT2D eigenvalue weighted by Gasteiger charge is -2.12. The monoisotopic (exact) mass is 223 g/mol. The number of hydrogen-bond acceptors (Lipinski definition) is 3. The number of nitrogens with zero attached hydrogens (tertiary/aromatic N) is 1. The molecular formula is C12H21N3O. The summed E-state index contributed by atoms with van der Waals surface area (Å²) in [7, 11) is 0. The maximum atomic E-state index is 11.4. The van der Waals surface area contributed by atoms with Crippen LogP contribution in [0.25, 0.3) is 0 Å². The molecule has 0 bridgehead atoms. The number of carbonyl (C=O) groups excluding carboxylic acids is 1. The van der Waals surface area contributed by atoms with Crippen LogP contribution in [0.5, 0.6) is 0 Å². The quantitative estimate of drug-likeness (QED) is 0.678. The molecule has 0 aliphatic heterocycles. The number of nitriles is 1. The van der Waals surface area contributed by atoms with Gasteiger partial charge in [-0.1, -0.05) is 13.8 Å². The summed E-state index contributed by atoms with van der Waals surface area (Å²) in [4.78, 5) is 11.4.